The third kappa shape index (κ3) is 1.48. The van der Waals surface area contributed by atoms with Crippen LogP contribution >= 0.6 is 11.3 Å². The number of carbonyl (C=O) groups excluding carboxylic acids is 1. The van der Waals surface area contributed by atoms with Crippen LogP contribution in [0.3, 0.4) is 0 Å². The minimum Gasteiger partial charge on any atom is -0.351 e. The molecule has 0 aromatic carbocycles. The maximum atomic E-state index is 10.3. The van der Waals surface area contributed by atoms with Crippen LogP contribution in [0.2, 0.25) is 0 Å². The van der Waals surface area contributed by atoms with Gasteiger partial charge in [-0.3, -0.25) is 5.32 Å². The quantitative estimate of drug-likeness (QED) is 0.636. The predicted molar refractivity (Wildman–Crippen MR) is 42.3 cm³/mol. The van der Waals surface area contributed by atoms with Crippen molar-refractivity contribution in [2.75, 3.05) is 5.32 Å². The molecule has 2 amide bonds. The number of thiophene rings is 1. The van der Waals surface area contributed by atoms with E-state index < -0.39 is 6.03 Å². The lowest BCUT2D eigenvalue weighted by molar-refractivity contribution is 0.259. The van der Waals surface area contributed by atoms with Gasteiger partial charge in [0, 0.05) is 0 Å². The van der Waals surface area contributed by atoms with Crippen molar-refractivity contribution in [2.45, 2.75) is 6.92 Å². The first kappa shape index (κ1) is 7.08. The highest BCUT2D eigenvalue weighted by Crippen LogP contribution is 2.20. The Hall–Kier alpha value is -1.03. The molecule has 10 heavy (non-hydrogen) atoms. The number of urea groups is 1. The molecular weight excluding hydrogens is 148 g/mol. The van der Waals surface area contributed by atoms with Gasteiger partial charge in [0.2, 0.25) is 0 Å². The minimum atomic E-state index is -0.509. The molecule has 0 unspecified atom stereocenters. The number of nitrogens with one attached hydrogen (secondary N) is 1. The predicted octanol–water partition coefficient (Wildman–Crippen LogP) is 1.55. The van der Waals surface area contributed by atoms with E-state index in [9.17, 15) is 4.79 Å². The molecule has 1 aromatic heterocycles. The largest absolute Gasteiger partial charge is 0.351 e. The maximum absolute atomic E-state index is 10.3. The number of primary amides is 1. The zero-order chi connectivity index (χ0) is 7.56. The molecule has 3 N–H and O–H groups in total. The van der Waals surface area contributed by atoms with Crippen molar-refractivity contribution in [1.82, 2.24) is 0 Å². The van der Waals surface area contributed by atoms with Crippen LogP contribution in [-0.4, -0.2) is 6.03 Å². The van der Waals surface area contributed by atoms with Crippen LogP contribution in [0, 0.1) is 6.92 Å². The molecule has 1 rings (SSSR count). The first-order chi connectivity index (χ1) is 4.70. The SMILES string of the molecule is Cc1ccsc1NC(N)=O. The van der Waals surface area contributed by atoms with E-state index in [1.165, 1.54) is 11.3 Å². The van der Waals surface area contributed by atoms with Gasteiger partial charge >= 0.3 is 6.03 Å². The Bertz CT molecular complexity index is 244. The van der Waals surface area contributed by atoms with Gasteiger partial charge in [-0.2, -0.15) is 0 Å². The Morgan fingerprint density at radius 2 is 2.50 bits per heavy atom. The molecule has 0 aliphatic carbocycles. The summed E-state index contributed by atoms with van der Waals surface area (Å²) in [6.07, 6.45) is 0. The fraction of sp³-hybridized carbons (Fsp3) is 0.167. The zero-order valence-electron chi connectivity index (χ0n) is 5.55. The summed E-state index contributed by atoms with van der Waals surface area (Å²) in [5.41, 5.74) is 5.95. The molecule has 0 atom stereocenters. The van der Waals surface area contributed by atoms with Crippen molar-refractivity contribution in [1.29, 1.82) is 0 Å². The third-order valence-corrected chi connectivity index (χ3v) is 2.03. The van der Waals surface area contributed by atoms with Crippen molar-refractivity contribution in [3.63, 3.8) is 0 Å². The zero-order valence-corrected chi connectivity index (χ0v) is 6.37. The number of amides is 2. The molecule has 0 saturated heterocycles. The van der Waals surface area contributed by atoms with Gasteiger partial charge in [-0.1, -0.05) is 0 Å². The Labute approximate surface area is 62.9 Å². The van der Waals surface area contributed by atoms with E-state index in [-0.39, 0.29) is 0 Å². The molecule has 0 radical (unpaired) electrons. The molecule has 54 valence electrons. The van der Waals surface area contributed by atoms with Gasteiger partial charge in [0.15, 0.2) is 0 Å². The molecule has 0 bridgehead atoms. The van der Waals surface area contributed by atoms with Crippen molar-refractivity contribution >= 4 is 22.4 Å². The maximum Gasteiger partial charge on any atom is 0.317 e. The summed E-state index contributed by atoms with van der Waals surface area (Å²) < 4.78 is 0. The molecule has 0 aliphatic rings. The van der Waals surface area contributed by atoms with Gasteiger partial charge in [-0.05, 0) is 23.9 Å². The van der Waals surface area contributed by atoms with E-state index in [4.69, 9.17) is 5.73 Å². The van der Waals surface area contributed by atoms with Gasteiger partial charge in [0.25, 0.3) is 0 Å². The summed E-state index contributed by atoms with van der Waals surface area (Å²) in [5, 5.41) is 5.24. The highest BCUT2D eigenvalue weighted by molar-refractivity contribution is 7.14. The van der Waals surface area contributed by atoms with Crippen LogP contribution in [0.1, 0.15) is 5.56 Å². The molecule has 1 heterocycles. The number of aryl methyl sites for hydroxylation is 1. The van der Waals surface area contributed by atoms with Gasteiger partial charge in [0.1, 0.15) is 0 Å². The molecule has 4 heteroatoms. The number of hydrogen-bond donors (Lipinski definition) is 2. The van der Waals surface area contributed by atoms with E-state index in [2.05, 4.69) is 5.32 Å². The number of anilines is 1. The standard InChI is InChI=1S/C6H8N2OS/c1-4-2-3-10-5(4)8-6(7)9/h2-3H,1H3,(H3,7,8,9). The molecule has 0 fully saturated rings. The van der Waals surface area contributed by atoms with Crippen LogP contribution in [-0.2, 0) is 0 Å². The van der Waals surface area contributed by atoms with E-state index >= 15 is 0 Å². The lowest BCUT2D eigenvalue weighted by Crippen LogP contribution is -2.18. The van der Waals surface area contributed by atoms with Crippen LogP contribution in [0.4, 0.5) is 9.80 Å². The Balaban J connectivity index is 2.74. The Kier molecular flexibility index (Phi) is 1.91. The van der Waals surface area contributed by atoms with Crippen molar-refractivity contribution < 1.29 is 4.79 Å². The summed E-state index contributed by atoms with van der Waals surface area (Å²) in [6, 6.07) is 1.42. The Morgan fingerprint density at radius 3 is 2.90 bits per heavy atom. The first-order valence-corrected chi connectivity index (χ1v) is 3.68. The average Bonchev–Trinajstić information content (AvgIpc) is 2.15. The minimum absolute atomic E-state index is 0.509. The van der Waals surface area contributed by atoms with Gasteiger partial charge in [-0.15, -0.1) is 11.3 Å². The fourth-order valence-corrected chi connectivity index (χ4v) is 1.43. The van der Waals surface area contributed by atoms with E-state index in [0.717, 1.165) is 10.6 Å². The summed E-state index contributed by atoms with van der Waals surface area (Å²) in [4.78, 5) is 10.3. The van der Waals surface area contributed by atoms with Crippen LogP contribution in [0.25, 0.3) is 0 Å². The number of carbonyl (C=O) groups is 1. The van der Waals surface area contributed by atoms with Crippen LogP contribution < -0.4 is 11.1 Å². The average molecular weight is 156 g/mol. The number of rotatable bonds is 1. The summed E-state index contributed by atoms with van der Waals surface area (Å²) in [6.45, 7) is 1.92. The lowest BCUT2D eigenvalue weighted by Gasteiger charge is -1.96. The number of hydrogen-bond acceptors (Lipinski definition) is 2. The fourth-order valence-electron chi connectivity index (χ4n) is 0.613. The molecule has 0 aliphatic heterocycles. The van der Waals surface area contributed by atoms with Gasteiger partial charge in [-0.25, -0.2) is 4.79 Å². The van der Waals surface area contributed by atoms with Gasteiger partial charge in [0.05, 0.1) is 5.00 Å². The number of nitrogens with two attached hydrogens (primary N) is 1. The van der Waals surface area contributed by atoms with Crippen molar-refractivity contribution in [3.8, 4) is 0 Å². The summed E-state index contributed by atoms with van der Waals surface area (Å²) in [7, 11) is 0. The first-order valence-electron chi connectivity index (χ1n) is 2.80. The second-order valence-corrected chi connectivity index (χ2v) is 2.84. The molecule has 0 spiro atoms. The topological polar surface area (TPSA) is 55.1 Å². The third-order valence-electron chi connectivity index (χ3n) is 1.10. The van der Waals surface area contributed by atoms with Gasteiger partial charge < -0.3 is 5.73 Å². The molecule has 0 saturated carbocycles. The highest BCUT2D eigenvalue weighted by atomic mass is 32.1. The Morgan fingerprint density at radius 1 is 1.80 bits per heavy atom. The second-order valence-electron chi connectivity index (χ2n) is 1.92. The second kappa shape index (κ2) is 2.70. The van der Waals surface area contributed by atoms with E-state index in [1.807, 2.05) is 18.4 Å². The normalized spacial score (nSPS) is 9.30. The van der Waals surface area contributed by atoms with Crippen molar-refractivity contribution in [2.24, 2.45) is 5.73 Å². The lowest BCUT2D eigenvalue weighted by atomic mass is 10.4. The summed E-state index contributed by atoms with van der Waals surface area (Å²) in [5.74, 6) is 0. The summed E-state index contributed by atoms with van der Waals surface area (Å²) >= 11 is 1.47. The molecular formula is C6H8N2OS. The molecule has 1 aromatic rings. The monoisotopic (exact) mass is 156 g/mol. The van der Waals surface area contributed by atoms with Crippen LogP contribution in [0.15, 0.2) is 11.4 Å². The van der Waals surface area contributed by atoms with E-state index in [0.29, 0.717) is 0 Å². The molecule has 3 nitrogen and oxygen atoms in total. The van der Waals surface area contributed by atoms with E-state index in [1.54, 1.807) is 0 Å². The van der Waals surface area contributed by atoms with Crippen molar-refractivity contribution in [3.05, 3.63) is 17.0 Å². The smallest absolute Gasteiger partial charge is 0.317 e. The van der Waals surface area contributed by atoms with Crippen LogP contribution in [0.5, 0.6) is 0 Å². The highest BCUT2D eigenvalue weighted by Gasteiger charge is 1.99.